The summed E-state index contributed by atoms with van der Waals surface area (Å²) in [5, 5.41) is 7.85. The Morgan fingerprint density at radius 2 is 1.85 bits per heavy atom. The largest absolute Gasteiger partial charge is 0.411 e. The van der Waals surface area contributed by atoms with E-state index in [1.54, 1.807) is 24.0 Å². The van der Waals surface area contributed by atoms with Crippen molar-refractivity contribution in [2.75, 3.05) is 11.4 Å². The fourth-order valence-corrected chi connectivity index (χ4v) is 3.21. The molecule has 7 heteroatoms. The molecule has 0 radical (unpaired) electrons. The van der Waals surface area contributed by atoms with Crippen LogP contribution in [0.3, 0.4) is 0 Å². The minimum atomic E-state index is -0.392. The number of nitrogens with zero attached hydrogens (tertiary/aromatic N) is 3. The van der Waals surface area contributed by atoms with Crippen LogP contribution in [-0.4, -0.2) is 27.9 Å². The van der Waals surface area contributed by atoms with Crippen LogP contribution in [0.5, 0.6) is 0 Å². The lowest BCUT2D eigenvalue weighted by atomic mass is 10.2. The van der Waals surface area contributed by atoms with Crippen LogP contribution in [0.25, 0.3) is 11.5 Å². The molecular formula is C19H18FN3O2S. The predicted octanol–water partition coefficient (Wildman–Crippen LogP) is 4.41. The van der Waals surface area contributed by atoms with Gasteiger partial charge in [-0.25, -0.2) is 4.39 Å². The van der Waals surface area contributed by atoms with Crippen LogP contribution >= 0.6 is 11.8 Å². The molecule has 3 rings (SSSR count). The van der Waals surface area contributed by atoms with Gasteiger partial charge in [0.05, 0.1) is 5.25 Å². The second kappa shape index (κ2) is 8.14. The lowest BCUT2D eigenvalue weighted by Crippen LogP contribution is -2.36. The summed E-state index contributed by atoms with van der Waals surface area (Å²) in [6.45, 7) is 4.31. The molecule has 26 heavy (non-hydrogen) atoms. The van der Waals surface area contributed by atoms with E-state index in [0.717, 1.165) is 5.69 Å². The molecule has 0 saturated heterocycles. The molecule has 0 saturated carbocycles. The first-order chi connectivity index (χ1) is 12.6. The van der Waals surface area contributed by atoms with Crippen molar-refractivity contribution in [1.29, 1.82) is 0 Å². The maximum absolute atomic E-state index is 13.0. The van der Waals surface area contributed by atoms with Gasteiger partial charge in [0.2, 0.25) is 11.8 Å². The van der Waals surface area contributed by atoms with E-state index in [0.29, 0.717) is 23.2 Å². The van der Waals surface area contributed by atoms with Crippen LogP contribution in [0.4, 0.5) is 10.1 Å². The SMILES string of the molecule is CCN(C(=O)[C@H](C)Sc1nnc(-c2ccc(F)cc2)o1)c1ccccc1. The highest BCUT2D eigenvalue weighted by Crippen LogP contribution is 2.28. The van der Waals surface area contributed by atoms with Gasteiger partial charge in [0.25, 0.3) is 5.22 Å². The summed E-state index contributed by atoms with van der Waals surface area (Å²) in [6.07, 6.45) is 0. The van der Waals surface area contributed by atoms with Gasteiger partial charge in [-0.3, -0.25) is 4.79 Å². The van der Waals surface area contributed by atoms with E-state index in [1.807, 2.05) is 37.3 Å². The number of carbonyl (C=O) groups is 1. The van der Waals surface area contributed by atoms with Crippen LogP contribution in [0.1, 0.15) is 13.8 Å². The second-order valence-corrected chi connectivity index (χ2v) is 6.85. The maximum atomic E-state index is 13.0. The first kappa shape index (κ1) is 18.1. The van der Waals surface area contributed by atoms with E-state index in [4.69, 9.17) is 4.42 Å². The summed E-state index contributed by atoms with van der Waals surface area (Å²) >= 11 is 1.20. The van der Waals surface area contributed by atoms with Crippen molar-refractivity contribution in [3.8, 4) is 11.5 Å². The molecule has 0 aliphatic rings. The second-order valence-electron chi connectivity index (χ2n) is 5.56. The lowest BCUT2D eigenvalue weighted by Gasteiger charge is -2.23. The number of halogens is 1. The number of anilines is 1. The van der Waals surface area contributed by atoms with Gasteiger partial charge in [-0.05, 0) is 50.2 Å². The molecule has 0 aliphatic heterocycles. The first-order valence-electron chi connectivity index (χ1n) is 8.21. The van der Waals surface area contributed by atoms with Crippen LogP contribution in [0.2, 0.25) is 0 Å². The summed E-state index contributed by atoms with van der Waals surface area (Å²) in [5.41, 5.74) is 1.48. The molecule has 1 atom stereocenters. The Morgan fingerprint density at radius 3 is 2.50 bits per heavy atom. The average Bonchev–Trinajstić information content (AvgIpc) is 3.12. The Kier molecular flexibility index (Phi) is 5.68. The third-order valence-corrected chi connectivity index (χ3v) is 4.69. The molecule has 3 aromatic rings. The van der Waals surface area contributed by atoms with E-state index >= 15 is 0 Å². The Labute approximate surface area is 155 Å². The molecule has 0 unspecified atom stereocenters. The number of para-hydroxylation sites is 1. The molecule has 0 fully saturated rings. The van der Waals surface area contributed by atoms with Gasteiger partial charge < -0.3 is 9.32 Å². The van der Waals surface area contributed by atoms with E-state index in [1.165, 1.54) is 23.9 Å². The zero-order chi connectivity index (χ0) is 18.5. The van der Waals surface area contributed by atoms with Crippen LogP contribution in [-0.2, 0) is 4.79 Å². The molecule has 2 aromatic carbocycles. The van der Waals surface area contributed by atoms with Crippen molar-refractivity contribution in [3.05, 3.63) is 60.4 Å². The topological polar surface area (TPSA) is 59.2 Å². The number of rotatable bonds is 6. The van der Waals surface area contributed by atoms with Crippen molar-refractivity contribution in [3.63, 3.8) is 0 Å². The molecule has 0 N–H and O–H groups in total. The highest BCUT2D eigenvalue weighted by atomic mass is 32.2. The Balaban J connectivity index is 1.70. The highest BCUT2D eigenvalue weighted by Gasteiger charge is 2.24. The fourth-order valence-electron chi connectivity index (χ4n) is 2.46. The number of hydrogen-bond donors (Lipinski definition) is 0. The molecule has 134 valence electrons. The number of benzene rings is 2. The quantitative estimate of drug-likeness (QED) is 0.601. The third-order valence-electron chi connectivity index (χ3n) is 3.77. The van der Waals surface area contributed by atoms with Gasteiger partial charge in [0, 0.05) is 17.8 Å². The molecule has 0 bridgehead atoms. The smallest absolute Gasteiger partial charge is 0.277 e. The van der Waals surface area contributed by atoms with Gasteiger partial charge in [-0.1, -0.05) is 30.0 Å². The zero-order valence-corrected chi connectivity index (χ0v) is 15.2. The van der Waals surface area contributed by atoms with E-state index in [-0.39, 0.29) is 11.7 Å². The van der Waals surface area contributed by atoms with Crippen molar-refractivity contribution in [2.24, 2.45) is 0 Å². The van der Waals surface area contributed by atoms with E-state index < -0.39 is 5.25 Å². The summed E-state index contributed by atoms with van der Waals surface area (Å²) in [5.74, 6) is -0.0737. The molecule has 1 amide bonds. The maximum Gasteiger partial charge on any atom is 0.277 e. The van der Waals surface area contributed by atoms with Crippen LogP contribution in [0.15, 0.2) is 64.2 Å². The van der Waals surface area contributed by atoms with Crippen LogP contribution in [0, 0.1) is 5.82 Å². The normalized spacial score (nSPS) is 12.0. The molecule has 1 heterocycles. The van der Waals surface area contributed by atoms with Crippen LogP contribution < -0.4 is 4.90 Å². The summed E-state index contributed by atoms with van der Waals surface area (Å²) in [4.78, 5) is 14.5. The minimum absolute atomic E-state index is 0.0368. The van der Waals surface area contributed by atoms with Crippen molar-refractivity contribution < 1.29 is 13.6 Å². The average molecular weight is 371 g/mol. The molecule has 0 spiro atoms. The third kappa shape index (κ3) is 4.11. The Bertz CT molecular complexity index is 868. The molecule has 0 aliphatic carbocycles. The van der Waals surface area contributed by atoms with E-state index in [9.17, 15) is 9.18 Å². The summed E-state index contributed by atoms with van der Waals surface area (Å²) < 4.78 is 18.6. The number of hydrogen-bond acceptors (Lipinski definition) is 5. The van der Waals surface area contributed by atoms with Crippen molar-refractivity contribution in [2.45, 2.75) is 24.3 Å². The highest BCUT2D eigenvalue weighted by molar-refractivity contribution is 8.00. The van der Waals surface area contributed by atoms with Gasteiger partial charge in [0.1, 0.15) is 5.82 Å². The van der Waals surface area contributed by atoms with Crippen molar-refractivity contribution >= 4 is 23.4 Å². The number of carbonyl (C=O) groups excluding carboxylic acids is 1. The zero-order valence-electron chi connectivity index (χ0n) is 14.4. The molecular weight excluding hydrogens is 353 g/mol. The monoisotopic (exact) mass is 371 g/mol. The lowest BCUT2D eigenvalue weighted by molar-refractivity contribution is -0.117. The summed E-state index contributed by atoms with van der Waals surface area (Å²) in [6, 6.07) is 15.3. The number of aromatic nitrogens is 2. The van der Waals surface area contributed by atoms with Gasteiger partial charge in [-0.15, -0.1) is 10.2 Å². The van der Waals surface area contributed by atoms with E-state index in [2.05, 4.69) is 10.2 Å². The fraction of sp³-hybridized carbons (Fsp3) is 0.211. The summed E-state index contributed by atoms with van der Waals surface area (Å²) in [7, 11) is 0. The van der Waals surface area contributed by atoms with Gasteiger partial charge in [-0.2, -0.15) is 0 Å². The minimum Gasteiger partial charge on any atom is -0.411 e. The standard InChI is InChI=1S/C19H18FN3O2S/c1-3-23(16-7-5-4-6-8-16)18(24)13(2)26-19-22-21-17(25-19)14-9-11-15(20)12-10-14/h4-13H,3H2,1-2H3/t13-/m0/s1. The van der Waals surface area contributed by atoms with Crippen molar-refractivity contribution in [1.82, 2.24) is 10.2 Å². The number of thioether (sulfide) groups is 1. The first-order valence-corrected chi connectivity index (χ1v) is 9.09. The molecule has 1 aromatic heterocycles. The molecule has 5 nitrogen and oxygen atoms in total. The number of amides is 1. The Hall–Kier alpha value is -2.67. The van der Waals surface area contributed by atoms with Gasteiger partial charge in [0.15, 0.2) is 0 Å². The predicted molar refractivity (Wildman–Crippen MR) is 99.5 cm³/mol. The Morgan fingerprint density at radius 1 is 1.15 bits per heavy atom. The van der Waals surface area contributed by atoms with Gasteiger partial charge >= 0.3 is 0 Å².